The Labute approximate surface area is 157 Å². The smallest absolute Gasteiger partial charge is 0.262 e. The lowest BCUT2D eigenvalue weighted by Gasteiger charge is -2.22. The second kappa shape index (κ2) is 9.59. The van der Waals surface area contributed by atoms with Gasteiger partial charge in [0.15, 0.2) is 0 Å². The molecule has 0 radical (unpaired) electrons. The SMILES string of the molecule is Cc1cc(/C=C(/C#N)C(=O)NCC2CCCCO2)c(C)n1CCC(C)C. The van der Waals surface area contributed by atoms with Gasteiger partial charge in [-0.05, 0) is 63.2 Å². The van der Waals surface area contributed by atoms with Gasteiger partial charge in [-0.3, -0.25) is 4.79 Å². The Kier molecular flexibility index (Phi) is 7.47. The van der Waals surface area contributed by atoms with Gasteiger partial charge in [0.05, 0.1) is 6.10 Å². The number of amides is 1. The third kappa shape index (κ3) is 5.47. The van der Waals surface area contributed by atoms with Crippen LogP contribution in [0.15, 0.2) is 11.6 Å². The molecule has 1 aromatic rings. The van der Waals surface area contributed by atoms with Gasteiger partial charge in [0.1, 0.15) is 11.6 Å². The summed E-state index contributed by atoms with van der Waals surface area (Å²) in [5.74, 6) is 0.311. The Morgan fingerprint density at radius 2 is 2.23 bits per heavy atom. The second-order valence-electron chi connectivity index (χ2n) is 7.53. The Morgan fingerprint density at radius 3 is 2.85 bits per heavy atom. The molecule has 1 aromatic heterocycles. The highest BCUT2D eigenvalue weighted by molar-refractivity contribution is 6.01. The molecule has 1 saturated heterocycles. The molecule has 26 heavy (non-hydrogen) atoms. The predicted molar refractivity (Wildman–Crippen MR) is 104 cm³/mol. The van der Waals surface area contributed by atoms with Crippen molar-refractivity contribution in [2.45, 2.75) is 66.0 Å². The molecule has 2 heterocycles. The molecule has 0 bridgehead atoms. The highest BCUT2D eigenvalue weighted by Crippen LogP contribution is 2.20. The molecule has 1 fully saturated rings. The summed E-state index contributed by atoms with van der Waals surface area (Å²) in [6.45, 7) is 10.7. The number of aryl methyl sites for hydroxylation is 1. The zero-order chi connectivity index (χ0) is 19.1. The van der Waals surface area contributed by atoms with Crippen LogP contribution in [0.25, 0.3) is 6.08 Å². The molecular formula is C21H31N3O2. The Balaban J connectivity index is 2.06. The van der Waals surface area contributed by atoms with Crippen molar-refractivity contribution in [1.29, 1.82) is 5.26 Å². The number of hydrogen-bond donors (Lipinski definition) is 1. The van der Waals surface area contributed by atoms with Crippen LogP contribution in [-0.2, 0) is 16.1 Å². The van der Waals surface area contributed by atoms with Gasteiger partial charge in [0, 0.05) is 31.1 Å². The molecule has 1 aliphatic rings. The van der Waals surface area contributed by atoms with Gasteiger partial charge in [0.25, 0.3) is 5.91 Å². The monoisotopic (exact) mass is 357 g/mol. The van der Waals surface area contributed by atoms with E-state index in [1.807, 2.05) is 19.1 Å². The fourth-order valence-corrected chi connectivity index (χ4v) is 3.28. The summed E-state index contributed by atoms with van der Waals surface area (Å²) >= 11 is 0. The Hall–Kier alpha value is -2.06. The summed E-state index contributed by atoms with van der Waals surface area (Å²) in [5, 5.41) is 12.3. The quantitative estimate of drug-likeness (QED) is 0.597. The van der Waals surface area contributed by atoms with Crippen LogP contribution in [-0.4, -0.2) is 29.7 Å². The number of carbonyl (C=O) groups excluding carboxylic acids is 1. The van der Waals surface area contributed by atoms with Crippen molar-refractivity contribution in [3.05, 3.63) is 28.6 Å². The first-order valence-corrected chi connectivity index (χ1v) is 9.60. The van der Waals surface area contributed by atoms with Crippen molar-refractivity contribution in [2.24, 2.45) is 5.92 Å². The predicted octanol–water partition coefficient (Wildman–Crippen LogP) is 3.74. The molecule has 1 atom stereocenters. The molecule has 0 spiro atoms. The molecule has 142 valence electrons. The van der Waals surface area contributed by atoms with E-state index in [0.717, 1.165) is 55.8 Å². The fraction of sp³-hybridized carbons (Fsp3) is 0.619. The van der Waals surface area contributed by atoms with Crippen molar-refractivity contribution in [1.82, 2.24) is 9.88 Å². The summed E-state index contributed by atoms with van der Waals surface area (Å²) in [5.41, 5.74) is 3.33. The number of ether oxygens (including phenoxy) is 1. The van der Waals surface area contributed by atoms with Crippen LogP contribution in [0.2, 0.25) is 0 Å². The highest BCUT2D eigenvalue weighted by Gasteiger charge is 2.17. The molecule has 0 aliphatic carbocycles. The van der Waals surface area contributed by atoms with Crippen LogP contribution >= 0.6 is 0 Å². The highest BCUT2D eigenvalue weighted by atomic mass is 16.5. The van der Waals surface area contributed by atoms with E-state index in [-0.39, 0.29) is 17.6 Å². The first kappa shape index (κ1) is 20.3. The number of nitrogens with one attached hydrogen (secondary N) is 1. The average Bonchev–Trinajstić information content (AvgIpc) is 2.89. The molecule has 0 aromatic carbocycles. The lowest BCUT2D eigenvalue weighted by atomic mass is 10.1. The van der Waals surface area contributed by atoms with Gasteiger partial charge in [0.2, 0.25) is 0 Å². The van der Waals surface area contributed by atoms with Crippen LogP contribution < -0.4 is 5.32 Å². The maximum atomic E-state index is 12.4. The number of nitrogens with zero attached hydrogens (tertiary/aromatic N) is 2. The van der Waals surface area contributed by atoms with Crippen LogP contribution in [0, 0.1) is 31.1 Å². The number of nitriles is 1. The van der Waals surface area contributed by atoms with E-state index in [2.05, 4.69) is 30.7 Å². The fourth-order valence-electron chi connectivity index (χ4n) is 3.28. The van der Waals surface area contributed by atoms with E-state index in [0.29, 0.717) is 12.5 Å². The topological polar surface area (TPSA) is 67.1 Å². The minimum Gasteiger partial charge on any atom is -0.376 e. The molecule has 1 N–H and O–H groups in total. The number of aromatic nitrogens is 1. The lowest BCUT2D eigenvalue weighted by Crippen LogP contribution is -2.35. The third-order valence-corrected chi connectivity index (χ3v) is 4.97. The minimum absolute atomic E-state index is 0.0636. The van der Waals surface area contributed by atoms with Crippen LogP contribution in [0.1, 0.15) is 56.5 Å². The Bertz CT molecular complexity index is 689. The number of carbonyl (C=O) groups is 1. The number of hydrogen-bond acceptors (Lipinski definition) is 3. The summed E-state index contributed by atoms with van der Waals surface area (Å²) in [6, 6.07) is 4.09. The van der Waals surface area contributed by atoms with E-state index in [1.165, 1.54) is 0 Å². The second-order valence-corrected chi connectivity index (χ2v) is 7.53. The zero-order valence-electron chi connectivity index (χ0n) is 16.5. The molecule has 5 heteroatoms. The molecule has 2 rings (SSSR count). The van der Waals surface area contributed by atoms with Gasteiger partial charge in [-0.1, -0.05) is 13.8 Å². The van der Waals surface area contributed by atoms with Gasteiger partial charge in [-0.2, -0.15) is 5.26 Å². The molecule has 1 aliphatic heterocycles. The first-order valence-electron chi connectivity index (χ1n) is 9.60. The summed E-state index contributed by atoms with van der Waals surface area (Å²) in [4.78, 5) is 12.4. The van der Waals surface area contributed by atoms with Crippen molar-refractivity contribution < 1.29 is 9.53 Å². The van der Waals surface area contributed by atoms with Gasteiger partial charge >= 0.3 is 0 Å². The van der Waals surface area contributed by atoms with Crippen molar-refractivity contribution >= 4 is 12.0 Å². The zero-order valence-corrected chi connectivity index (χ0v) is 16.5. The lowest BCUT2D eigenvalue weighted by molar-refractivity contribution is -0.117. The van der Waals surface area contributed by atoms with E-state index in [1.54, 1.807) is 6.08 Å². The van der Waals surface area contributed by atoms with Crippen LogP contribution in [0.3, 0.4) is 0 Å². The van der Waals surface area contributed by atoms with E-state index in [9.17, 15) is 10.1 Å². The van der Waals surface area contributed by atoms with Gasteiger partial charge in [-0.15, -0.1) is 0 Å². The summed E-state index contributed by atoms with van der Waals surface area (Å²) in [7, 11) is 0. The average molecular weight is 357 g/mol. The molecule has 0 saturated carbocycles. The first-order chi connectivity index (χ1) is 12.4. The summed E-state index contributed by atoms with van der Waals surface area (Å²) in [6.07, 6.45) is 6.04. The molecule has 1 unspecified atom stereocenters. The van der Waals surface area contributed by atoms with E-state index >= 15 is 0 Å². The van der Waals surface area contributed by atoms with Crippen molar-refractivity contribution in [3.63, 3.8) is 0 Å². The minimum atomic E-state index is -0.325. The van der Waals surface area contributed by atoms with Crippen molar-refractivity contribution in [2.75, 3.05) is 13.2 Å². The maximum absolute atomic E-state index is 12.4. The molecule has 5 nitrogen and oxygen atoms in total. The maximum Gasteiger partial charge on any atom is 0.262 e. The van der Waals surface area contributed by atoms with Gasteiger partial charge < -0.3 is 14.6 Å². The van der Waals surface area contributed by atoms with E-state index in [4.69, 9.17) is 4.74 Å². The van der Waals surface area contributed by atoms with Crippen LogP contribution in [0.5, 0.6) is 0 Å². The van der Waals surface area contributed by atoms with Gasteiger partial charge in [-0.25, -0.2) is 0 Å². The normalized spacial score (nSPS) is 18.0. The molecule has 1 amide bonds. The third-order valence-electron chi connectivity index (χ3n) is 4.97. The van der Waals surface area contributed by atoms with E-state index < -0.39 is 0 Å². The number of rotatable bonds is 7. The standard InChI is InChI=1S/C21H31N3O2/c1-15(2)8-9-24-16(3)11-18(17(24)4)12-19(13-22)21(25)23-14-20-7-5-6-10-26-20/h11-12,15,20H,5-10,14H2,1-4H3,(H,23,25)/b19-12-. The Morgan fingerprint density at radius 1 is 1.46 bits per heavy atom. The molecular weight excluding hydrogens is 326 g/mol. The van der Waals surface area contributed by atoms with Crippen LogP contribution in [0.4, 0.5) is 0 Å². The summed E-state index contributed by atoms with van der Waals surface area (Å²) < 4.78 is 7.88. The largest absolute Gasteiger partial charge is 0.376 e. The van der Waals surface area contributed by atoms with Crippen molar-refractivity contribution in [3.8, 4) is 6.07 Å².